The van der Waals surface area contributed by atoms with E-state index < -0.39 is 11.6 Å². The summed E-state index contributed by atoms with van der Waals surface area (Å²) in [7, 11) is 1.75. The van der Waals surface area contributed by atoms with Crippen LogP contribution in [-0.4, -0.2) is 38.2 Å². The third-order valence-corrected chi connectivity index (χ3v) is 3.92. The minimum Gasteiger partial charge on any atom is -0.367 e. The van der Waals surface area contributed by atoms with Crippen LogP contribution in [-0.2, 0) is 0 Å². The van der Waals surface area contributed by atoms with Crippen molar-refractivity contribution in [3.8, 4) is 0 Å². The predicted octanol–water partition coefficient (Wildman–Crippen LogP) is 2.49. The largest absolute Gasteiger partial charge is 0.367 e. The van der Waals surface area contributed by atoms with Crippen molar-refractivity contribution in [3.63, 3.8) is 0 Å². The van der Waals surface area contributed by atoms with Gasteiger partial charge in [-0.15, -0.1) is 24.0 Å². The molecule has 0 aromatic heterocycles. The number of hydrogen-bond acceptors (Lipinski definition) is 2. The Morgan fingerprint density at radius 2 is 1.91 bits per heavy atom. The number of anilines is 1. The van der Waals surface area contributed by atoms with Gasteiger partial charge in [-0.1, -0.05) is 0 Å². The third kappa shape index (κ3) is 4.21. The molecule has 0 spiro atoms. The number of hydrogen-bond donors (Lipinski definition) is 2. The Morgan fingerprint density at radius 3 is 2.55 bits per heavy atom. The molecule has 2 aliphatic rings. The molecule has 0 amide bonds. The lowest BCUT2D eigenvalue weighted by atomic mass is 10.2. The van der Waals surface area contributed by atoms with Crippen molar-refractivity contribution in [2.24, 2.45) is 4.99 Å². The van der Waals surface area contributed by atoms with Crippen molar-refractivity contribution < 1.29 is 8.78 Å². The Labute approximate surface area is 146 Å². The van der Waals surface area contributed by atoms with Crippen LogP contribution in [0.2, 0.25) is 0 Å². The molecule has 2 N–H and O–H groups in total. The fourth-order valence-corrected chi connectivity index (χ4v) is 2.62. The van der Waals surface area contributed by atoms with Crippen molar-refractivity contribution in [2.75, 3.05) is 25.0 Å². The van der Waals surface area contributed by atoms with Gasteiger partial charge >= 0.3 is 0 Å². The van der Waals surface area contributed by atoms with Gasteiger partial charge in [0.15, 0.2) is 5.96 Å². The van der Waals surface area contributed by atoms with Gasteiger partial charge in [0.2, 0.25) is 0 Å². The maximum Gasteiger partial charge on any atom is 0.191 e. The molecule has 1 heterocycles. The first-order valence-corrected chi connectivity index (χ1v) is 7.35. The van der Waals surface area contributed by atoms with Crippen LogP contribution in [0.5, 0.6) is 0 Å². The molecule has 4 nitrogen and oxygen atoms in total. The molecule has 3 rings (SSSR count). The van der Waals surface area contributed by atoms with Crippen LogP contribution in [0.25, 0.3) is 0 Å². The Hall–Kier alpha value is -1.12. The standard InChI is InChI=1S/C15H20F2N4.HI/c1-18-15(19-11-3-4-11)20-12-6-7-21(9-12)14-5-2-10(16)8-13(14)17;/h2,5,8,11-12H,3-4,6-7,9H2,1H3,(H2,18,19,20);1H. The Balaban J connectivity index is 0.00000176. The summed E-state index contributed by atoms with van der Waals surface area (Å²) >= 11 is 0. The highest BCUT2D eigenvalue weighted by atomic mass is 127. The van der Waals surface area contributed by atoms with Crippen molar-refractivity contribution in [2.45, 2.75) is 31.3 Å². The molecule has 1 aromatic carbocycles. The zero-order chi connectivity index (χ0) is 14.8. The second-order valence-electron chi connectivity index (χ2n) is 5.66. The lowest BCUT2D eigenvalue weighted by Crippen LogP contribution is -2.45. The van der Waals surface area contributed by atoms with Gasteiger partial charge in [-0.05, 0) is 31.4 Å². The van der Waals surface area contributed by atoms with Crippen molar-refractivity contribution in [1.29, 1.82) is 0 Å². The van der Waals surface area contributed by atoms with Gasteiger partial charge in [0.1, 0.15) is 11.6 Å². The van der Waals surface area contributed by atoms with Gasteiger partial charge < -0.3 is 15.5 Å². The second kappa shape index (κ2) is 7.43. The van der Waals surface area contributed by atoms with E-state index in [2.05, 4.69) is 15.6 Å². The Morgan fingerprint density at radius 1 is 1.18 bits per heavy atom. The van der Waals surface area contributed by atoms with Gasteiger partial charge in [0.05, 0.1) is 5.69 Å². The van der Waals surface area contributed by atoms with Crippen LogP contribution in [0.3, 0.4) is 0 Å². The van der Waals surface area contributed by atoms with Crippen LogP contribution in [0.15, 0.2) is 23.2 Å². The number of nitrogens with one attached hydrogen (secondary N) is 2. The molecule has 1 saturated carbocycles. The Bertz CT molecular complexity index is 548. The zero-order valence-corrected chi connectivity index (χ0v) is 14.8. The lowest BCUT2D eigenvalue weighted by molar-refractivity contribution is 0.580. The van der Waals surface area contributed by atoms with Crippen LogP contribution < -0.4 is 15.5 Å². The van der Waals surface area contributed by atoms with Crippen molar-refractivity contribution in [1.82, 2.24) is 10.6 Å². The van der Waals surface area contributed by atoms with Gasteiger partial charge in [-0.2, -0.15) is 0 Å². The first-order chi connectivity index (χ1) is 10.2. The molecule has 0 bridgehead atoms. The summed E-state index contributed by atoms with van der Waals surface area (Å²) in [6, 6.07) is 4.50. The van der Waals surface area contributed by atoms with Gasteiger partial charge in [-0.25, -0.2) is 8.78 Å². The number of guanidine groups is 1. The molecule has 7 heteroatoms. The first-order valence-electron chi connectivity index (χ1n) is 7.35. The van der Waals surface area contributed by atoms with Gasteiger partial charge in [0.25, 0.3) is 0 Å². The topological polar surface area (TPSA) is 39.7 Å². The monoisotopic (exact) mass is 422 g/mol. The second-order valence-corrected chi connectivity index (χ2v) is 5.66. The molecular weight excluding hydrogens is 401 g/mol. The summed E-state index contributed by atoms with van der Waals surface area (Å²) in [6.45, 7) is 1.44. The predicted molar refractivity (Wildman–Crippen MR) is 95.0 cm³/mol. The highest BCUT2D eigenvalue weighted by Gasteiger charge is 2.27. The van der Waals surface area contributed by atoms with Crippen LogP contribution in [0.1, 0.15) is 19.3 Å². The fraction of sp³-hybridized carbons (Fsp3) is 0.533. The molecule has 2 fully saturated rings. The molecule has 1 atom stereocenters. The molecule has 1 aromatic rings. The molecule has 1 aliphatic carbocycles. The molecule has 1 aliphatic heterocycles. The van der Waals surface area contributed by atoms with E-state index in [1.165, 1.54) is 25.0 Å². The summed E-state index contributed by atoms with van der Waals surface area (Å²) in [5.74, 6) is -0.237. The molecule has 122 valence electrons. The number of aliphatic imine (C=N–C) groups is 1. The zero-order valence-electron chi connectivity index (χ0n) is 12.5. The van der Waals surface area contributed by atoms with Gasteiger partial charge in [-0.3, -0.25) is 4.99 Å². The third-order valence-electron chi connectivity index (χ3n) is 3.92. The smallest absolute Gasteiger partial charge is 0.191 e. The number of benzene rings is 1. The van der Waals surface area contributed by atoms with E-state index in [-0.39, 0.29) is 30.0 Å². The van der Waals surface area contributed by atoms with Crippen LogP contribution in [0, 0.1) is 11.6 Å². The molecule has 1 saturated heterocycles. The normalized spacial score (nSPS) is 21.5. The Kier molecular flexibility index (Phi) is 5.82. The maximum absolute atomic E-state index is 13.8. The highest BCUT2D eigenvalue weighted by molar-refractivity contribution is 14.0. The molecule has 1 unspecified atom stereocenters. The summed E-state index contributed by atoms with van der Waals surface area (Å²) in [5.41, 5.74) is 0.464. The van der Waals surface area contributed by atoms with E-state index in [0.717, 1.165) is 25.0 Å². The molecular formula is C15H21F2IN4. The number of halogens is 3. The summed E-state index contributed by atoms with van der Waals surface area (Å²) in [5, 5.41) is 6.71. The first kappa shape index (κ1) is 17.2. The minimum absolute atomic E-state index is 0. The maximum atomic E-state index is 13.8. The van der Waals surface area contributed by atoms with Crippen LogP contribution >= 0.6 is 24.0 Å². The molecule has 22 heavy (non-hydrogen) atoms. The number of nitrogens with zero attached hydrogens (tertiary/aromatic N) is 2. The van der Waals surface area contributed by atoms with E-state index in [1.807, 2.05) is 4.90 Å². The van der Waals surface area contributed by atoms with Crippen molar-refractivity contribution >= 4 is 35.6 Å². The van der Waals surface area contributed by atoms with E-state index >= 15 is 0 Å². The van der Waals surface area contributed by atoms with Crippen molar-refractivity contribution in [3.05, 3.63) is 29.8 Å². The van der Waals surface area contributed by atoms with E-state index in [9.17, 15) is 8.78 Å². The van der Waals surface area contributed by atoms with Crippen LogP contribution in [0.4, 0.5) is 14.5 Å². The van der Waals surface area contributed by atoms with E-state index in [1.54, 1.807) is 7.05 Å². The molecule has 0 radical (unpaired) electrons. The lowest BCUT2D eigenvalue weighted by Gasteiger charge is -2.20. The average molecular weight is 422 g/mol. The van der Waals surface area contributed by atoms with E-state index in [4.69, 9.17) is 0 Å². The van der Waals surface area contributed by atoms with E-state index in [0.29, 0.717) is 18.3 Å². The summed E-state index contributed by atoms with van der Waals surface area (Å²) in [4.78, 5) is 6.15. The number of rotatable bonds is 3. The quantitative estimate of drug-likeness (QED) is 0.447. The average Bonchev–Trinajstić information content (AvgIpc) is 3.15. The summed E-state index contributed by atoms with van der Waals surface area (Å²) in [6.07, 6.45) is 3.29. The fourth-order valence-electron chi connectivity index (χ4n) is 2.62. The SMILES string of the molecule is CN=C(NC1CC1)NC1CCN(c2ccc(F)cc2F)C1.I. The summed E-state index contributed by atoms with van der Waals surface area (Å²) < 4.78 is 26.8. The highest BCUT2D eigenvalue weighted by Crippen LogP contribution is 2.24. The minimum atomic E-state index is -0.542. The van der Waals surface area contributed by atoms with Gasteiger partial charge in [0, 0.05) is 38.3 Å².